The summed E-state index contributed by atoms with van der Waals surface area (Å²) in [7, 11) is -3.92. The quantitative estimate of drug-likeness (QED) is 0.262. The van der Waals surface area contributed by atoms with Crippen LogP contribution in [0.2, 0.25) is 0 Å². The Kier molecular flexibility index (Phi) is 9.80. The maximum atomic E-state index is 11.4. The van der Waals surface area contributed by atoms with Gasteiger partial charge in [0, 0.05) is 27.7 Å². The van der Waals surface area contributed by atoms with Crippen molar-refractivity contribution >= 4 is 34.0 Å². The third-order valence-electron chi connectivity index (χ3n) is 2.57. The molecule has 0 rings (SSSR count). The van der Waals surface area contributed by atoms with Crippen molar-refractivity contribution in [1.29, 1.82) is 0 Å². The summed E-state index contributed by atoms with van der Waals surface area (Å²) in [5, 5.41) is 0. The minimum Gasteiger partial charge on any atom is -0.462 e. The summed E-state index contributed by atoms with van der Waals surface area (Å²) in [6.45, 7) is 2.98. The van der Waals surface area contributed by atoms with Crippen LogP contribution in [0.4, 0.5) is 0 Å². The van der Waals surface area contributed by atoms with Crippen LogP contribution in [0.5, 0.6) is 0 Å². The van der Waals surface area contributed by atoms with Gasteiger partial charge in [-0.05, 0) is 0 Å². The van der Waals surface area contributed by atoms with E-state index in [0.717, 1.165) is 34.0 Å². The van der Waals surface area contributed by atoms with E-state index in [4.69, 9.17) is 18.9 Å². The molecule has 26 heavy (non-hydrogen) atoms. The number of esters is 4. The van der Waals surface area contributed by atoms with Gasteiger partial charge in [0.2, 0.25) is 0 Å². The number of hydrogen-bond donors (Lipinski definition) is 0. The highest BCUT2D eigenvalue weighted by Gasteiger charge is 2.38. The molecule has 0 aliphatic heterocycles. The van der Waals surface area contributed by atoms with E-state index in [1.54, 1.807) is 0 Å². The van der Waals surface area contributed by atoms with Crippen LogP contribution in [0, 0.1) is 0 Å². The molecule has 12 heteroatoms. The highest BCUT2D eigenvalue weighted by molar-refractivity contribution is 7.85. The Labute approximate surface area is 151 Å². The summed E-state index contributed by atoms with van der Waals surface area (Å²) in [6, 6.07) is 0. The normalized spacial score (nSPS) is 14.5. The Hall–Kier alpha value is -2.21. The van der Waals surface area contributed by atoms with Crippen LogP contribution in [-0.2, 0) is 52.4 Å². The van der Waals surface area contributed by atoms with Crippen molar-refractivity contribution in [2.75, 3.05) is 19.5 Å². The van der Waals surface area contributed by atoms with Gasteiger partial charge in [-0.3, -0.25) is 23.4 Å². The highest BCUT2D eigenvalue weighted by Crippen LogP contribution is 2.16. The summed E-state index contributed by atoms with van der Waals surface area (Å²) < 4.78 is 46.7. The van der Waals surface area contributed by atoms with Gasteiger partial charge in [-0.15, -0.1) is 0 Å². The average molecular weight is 398 g/mol. The summed E-state index contributed by atoms with van der Waals surface area (Å²) in [5.74, 6) is -3.19. The van der Waals surface area contributed by atoms with E-state index >= 15 is 0 Å². The molecule has 0 bridgehead atoms. The topological polar surface area (TPSA) is 149 Å². The van der Waals surface area contributed by atoms with Crippen LogP contribution >= 0.6 is 0 Å². The molecule has 0 aromatic carbocycles. The van der Waals surface area contributed by atoms with Gasteiger partial charge in [0.05, 0.1) is 6.26 Å². The monoisotopic (exact) mass is 398 g/mol. The fourth-order valence-electron chi connectivity index (χ4n) is 1.79. The SMILES string of the molecule is CC(=O)OC[C@H](OC(C)=O)C(OC(C)=O)C(COS(C)(=O)=O)OC(C)=O. The van der Waals surface area contributed by atoms with Gasteiger partial charge < -0.3 is 18.9 Å². The minimum absolute atomic E-state index is 0.524. The molecule has 2 unspecified atom stereocenters. The smallest absolute Gasteiger partial charge is 0.303 e. The summed E-state index contributed by atoms with van der Waals surface area (Å²) in [6.07, 6.45) is -3.54. The predicted molar refractivity (Wildman–Crippen MR) is 84.1 cm³/mol. The molecule has 150 valence electrons. The molecule has 0 aliphatic carbocycles. The first-order valence-electron chi connectivity index (χ1n) is 7.31. The van der Waals surface area contributed by atoms with Crippen molar-refractivity contribution in [1.82, 2.24) is 0 Å². The first kappa shape index (κ1) is 23.8. The molecule has 0 aliphatic rings. The molecule has 0 aromatic heterocycles. The van der Waals surface area contributed by atoms with Gasteiger partial charge in [-0.2, -0.15) is 8.42 Å². The van der Waals surface area contributed by atoms with Crippen LogP contribution in [-0.4, -0.2) is 70.1 Å². The van der Waals surface area contributed by atoms with Gasteiger partial charge in [0.25, 0.3) is 10.1 Å². The Balaban J connectivity index is 5.69. The molecule has 0 amide bonds. The molecule has 0 heterocycles. The molecule has 11 nitrogen and oxygen atoms in total. The van der Waals surface area contributed by atoms with E-state index in [-0.39, 0.29) is 0 Å². The molecular weight excluding hydrogens is 376 g/mol. The largest absolute Gasteiger partial charge is 0.462 e. The molecular formula is C14H22O11S. The van der Waals surface area contributed by atoms with Crippen LogP contribution in [0.15, 0.2) is 0 Å². The van der Waals surface area contributed by atoms with E-state index in [2.05, 4.69) is 4.18 Å². The summed E-state index contributed by atoms with van der Waals surface area (Å²) in [5.41, 5.74) is 0. The zero-order valence-corrected chi connectivity index (χ0v) is 15.9. The number of carbonyl (C=O) groups excluding carboxylic acids is 4. The first-order valence-corrected chi connectivity index (χ1v) is 9.13. The number of ether oxygens (including phenoxy) is 4. The molecule has 0 aromatic rings. The van der Waals surface area contributed by atoms with E-state index < -0.39 is 65.5 Å². The Bertz CT molecular complexity index is 625. The van der Waals surface area contributed by atoms with Crippen LogP contribution in [0.3, 0.4) is 0 Å². The standard InChI is InChI=1S/C14H22O11S/c1-8(15)21-6-12(23-9(2)16)14(25-11(4)18)13(24-10(3)17)7-22-26(5,19)20/h12-14H,6-7H2,1-5H3/t12-,13?,14?/m0/s1. The van der Waals surface area contributed by atoms with Crippen molar-refractivity contribution < 1.29 is 50.7 Å². The summed E-state index contributed by atoms with van der Waals surface area (Å²) in [4.78, 5) is 45.1. The maximum absolute atomic E-state index is 11.4. The molecule has 0 saturated carbocycles. The minimum atomic E-state index is -3.92. The highest BCUT2D eigenvalue weighted by atomic mass is 32.2. The number of hydrogen-bond acceptors (Lipinski definition) is 11. The second-order valence-electron chi connectivity index (χ2n) is 5.16. The van der Waals surface area contributed by atoms with E-state index in [9.17, 15) is 27.6 Å². The molecule has 3 atom stereocenters. The fraction of sp³-hybridized carbons (Fsp3) is 0.714. The first-order chi connectivity index (χ1) is 11.8. The molecule has 0 radical (unpaired) electrons. The van der Waals surface area contributed by atoms with E-state index in [1.165, 1.54) is 0 Å². The zero-order valence-electron chi connectivity index (χ0n) is 15.0. The lowest BCUT2D eigenvalue weighted by Crippen LogP contribution is -2.49. The second-order valence-corrected chi connectivity index (χ2v) is 6.80. The van der Waals surface area contributed by atoms with Crippen LogP contribution in [0.1, 0.15) is 27.7 Å². The van der Waals surface area contributed by atoms with E-state index in [1.807, 2.05) is 0 Å². The van der Waals surface area contributed by atoms with Crippen molar-refractivity contribution in [3.05, 3.63) is 0 Å². The number of rotatable bonds is 10. The molecule has 0 saturated heterocycles. The average Bonchev–Trinajstić information content (AvgIpc) is 2.43. The Morgan fingerprint density at radius 1 is 0.731 bits per heavy atom. The molecule has 0 fully saturated rings. The van der Waals surface area contributed by atoms with Gasteiger partial charge in [-0.1, -0.05) is 0 Å². The fourth-order valence-corrected chi connectivity index (χ4v) is 2.17. The third-order valence-corrected chi connectivity index (χ3v) is 3.13. The van der Waals surface area contributed by atoms with Crippen molar-refractivity contribution in [2.45, 2.75) is 46.0 Å². The van der Waals surface area contributed by atoms with Crippen molar-refractivity contribution in [3.8, 4) is 0 Å². The van der Waals surface area contributed by atoms with Crippen molar-refractivity contribution in [3.63, 3.8) is 0 Å². The van der Waals surface area contributed by atoms with Crippen LogP contribution in [0.25, 0.3) is 0 Å². The maximum Gasteiger partial charge on any atom is 0.303 e. The summed E-state index contributed by atoms with van der Waals surface area (Å²) >= 11 is 0. The van der Waals surface area contributed by atoms with E-state index in [0.29, 0.717) is 0 Å². The lowest BCUT2D eigenvalue weighted by atomic mass is 10.1. The Morgan fingerprint density at radius 2 is 1.15 bits per heavy atom. The molecule has 0 spiro atoms. The van der Waals surface area contributed by atoms with Gasteiger partial charge in [-0.25, -0.2) is 0 Å². The second kappa shape index (κ2) is 10.7. The van der Waals surface area contributed by atoms with Gasteiger partial charge >= 0.3 is 23.9 Å². The lowest BCUT2D eigenvalue weighted by molar-refractivity contribution is -0.191. The van der Waals surface area contributed by atoms with Crippen molar-refractivity contribution in [2.24, 2.45) is 0 Å². The predicted octanol–water partition coefficient (Wildman–Crippen LogP) is -0.679. The molecule has 0 N–H and O–H groups in total. The third kappa shape index (κ3) is 11.4. The lowest BCUT2D eigenvalue weighted by Gasteiger charge is -2.31. The van der Waals surface area contributed by atoms with Gasteiger partial charge in [0.15, 0.2) is 18.3 Å². The van der Waals surface area contributed by atoms with Gasteiger partial charge in [0.1, 0.15) is 13.2 Å². The zero-order chi connectivity index (χ0) is 20.5. The Morgan fingerprint density at radius 3 is 1.50 bits per heavy atom. The van der Waals surface area contributed by atoms with Crippen LogP contribution < -0.4 is 0 Å². The number of carbonyl (C=O) groups is 4.